The lowest BCUT2D eigenvalue weighted by Crippen LogP contribution is -2.62. The third kappa shape index (κ3) is 2.37. The monoisotopic (exact) mass is 389 g/mol. The molecule has 144 valence electrons. The number of ether oxygens (including phenoxy) is 2. The highest BCUT2D eigenvalue weighted by Gasteiger charge is 2.69. The normalized spacial score (nSPS) is 30.1. The van der Waals surface area contributed by atoms with Crippen molar-refractivity contribution in [2.45, 2.75) is 25.2 Å². The minimum absolute atomic E-state index is 0.426. The number of halogens is 1. The van der Waals surface area contributed by atoms with Crippen LogP contribution in [0.4, 0.5) is 0 Å². The number of nitrogens with zero attached hydrogens (tertiary/aromatic N) is 1. The number of hydrogen-bond acceptors (Lipinski definition) is 5. The van der Waals surface area contributed by atoms with Crippen molar-refractivity contribution < 1.29 is 19.1 Å². The number of hydrogen-bond donors (Lipinski definition) is 0. The Morgan fingerprint density at radius 3 is 2.00 bits per heavy atom. The van der Waals surface area contributed by atoms with E-state index in [9.17, 15) is 9.59 Å². The van der Waals surface area contributed by atoms with Crippen LogP contribution in [0.2, 0.25) is 5.02 Å². The van der Waals surface area contributed by atoms with Gasteiger partial charge in [0.15, 0.2) is 0 Å². The summed E-state index contributed by atoms with van der Waals surface area (Å²) in [5.74, 6) is -1.46. The molecule has 27 heavy (non-hydrogen) atoms. The lowest BCUT2D eigenvalue weighted by Gasteiger charge is -2.60. The Morgan fingerprint density at radius 2 is 1.56 bits per heavy atom. The number of carbonyl (C=O) groups is 2. The Kier molecular flexibility index (Phi) is 4.85. The minimum Gasteiger partial charge on any atom is -0.468 e. The van der Waals surface area contributed by atoms with Gasteiger partial charge in [0.2, 0.25) is 0 Å². The lowest BCUT2D eigenvalue weighted by molar-refractivity contribution is -0.171. The zero-order valence-electron chi connectivity index (χ0n) is 15.9. The summed E-state index contributed by atoms with van der Waals surface area (Å²) < 4.78 is 10.4. The molecule has 2 fully saturated rings. The molecular weight excluding hydrogens is 366 g/mol. The Labute approximate surface area is 164 Å². The van der Waals surface area contributed by atoms with Crippen LogP contribution < -0.4 is 0 Å². The molecule has 0 spiro atoms. The maximum atomic E-state index is 13.2. The summed E-state index contributed by atoms with van der Waals surface area (Å²) in [6, 6.07) is 7.26. The van der Waals surface area contributed by atoms with E-state index in [1.54, 1.807) is 18.0 Å². The maximum absolute atomic E-state index is 13.2. The molecule has 2 aliphatic rings. The van der Waals surface area contributed by atoms with E-state index in [-0.39, 0.29) is 0 Å². The van der Waals surface area contributed by atoms with E-state index in [1.807, 2.05) is 18.2 Å². The predicted octanol–water partition coefficient (Wildman–Crippen LogP) is 3.90. The average Bonchev–Trinajstić information content (AvgIpc) is 2.69. The van der Waals surface area contributed by atoms with E-state index >= 15 is 0 Å². The van der Waals surface area contributed by atoms with Crippen molar-refractivity contribution in [3.05, 3.63) is 59.4 Å². The van der Waals surface area contributed by atoms with Crippen LogP contribution in [0.3, 0.4) is 0 Å². The zero-order chi connectivity index (χ0) is 20.0. The highest BCUT2D eigenvalue weighted by atomic mass is 35.5. The number of piperidine rings is 1. The summed E-state index contributed by atoms with van der Waals surface area (Å²) >= 11 is 6.54. The van der Waals surface area contributed by atoms with Crippen LogP contribution in [0.1, 0.15) is 30.7 Å². The SMILES string of the molecule is C=C1N(C)C(=C)C2(C(=O)OC)CCCC1(C(=O)OC)C2c1ccccc1Cl. The van der Waals surface area contributed by atoms with Gasteiger partial charge in [-0.05, 0) is 24.5 Å². The van der Waals surface area contributed by atoms with Crippen LogP contribution in [0.25, 0.3) is 0 Å². The highest BCUT2D eigenvalue weighted by molar-refractivity contribution is 6.31. The van der Waals surface area contributed by atoms with E-state index in [0.717, 1.165) is 0 Å². The molecule has 0 amide bonds. The van der Waals surface area contributed by atoms with Crippen LogP contribution in [0, 0.1) is 10.8 Å². The molecule has 2 unspecified atom stereocenters. The molecule has 2 atom stereocenters. The van der Waals surface area contributed by atoms with E-state index < -0.39 is 28.7 Å². The molecule has 5 nitrogen and oxygen atoms in total. The smallest absolute Gasteiger partial charge is 0.318 e. The van der Waals surface area contributed by atoms with Crippen LogP contribution in [-0.4, -0.2) is 38.1 Å². The van der Waals surface area contributed by atoms with Gasteiger partial charge < -0.3 is 14.4 Å². The molecule has 1 aromatic rings. The van der Waals surface area contributed by atoms with Gasteiger partial charge in [-0.3, -0.25) is 9.59 Å². The molecule has 1 saturated carbocycles. The predicted molar refractivity (Wildman–Crippen MR) is 103 cm³/mol. The van der Waals surface area contributed by atoms with Gasteiger partial charge in [-0.2, -0.15) is 0 Å². The molecule has 0 aromatic heterocycles. The molecule has 0 N–H and O–H groups in total. The summed E-state index contributed by atoms with van der Waals surface area (Å²) in [4.78, 5) is 28.1. The molecule has 6 heteroatoms. The van der Waals surface area contributed by atoms with E-state index in [1.165, 1.54) is 14.2 Å². The second-order valence-electron chi connectivity index (χ2n) is 7.19. The van der Waals surface area contributed by atoms with Crippen LogP contribution in [0.5, 0.6) is 0 Å². The number of methoxy groups -OCH3 is 2. The minimum atomic E-state index is -1.12. The molecular formula is C21H24ClNO4. The third-order valence-electron chi connectivity index (χ3n) is 6.28. The molecule has 3 rings (SSSR count). The van der Waals surface area contributed by atoms with Gasteiger partial charge in [0.05, 0.1) is 14.2 Å². The van der Waals surface area contributed by atoms with Crippen LogP contribution in [-0.2, 0) is 19.1 Å². The fraction of sp³-hybridized carbons (Fsp3) is 0.429. The van der Waals surface area contributed by atoms with Crippen molar-refractivity contribution in [3.63, 3.8) is 0 Å². The van der Waals surface area contributed by atoms with E-state index in [4.69, 9.17) is 21.1 Å². The topological polar surface area (TPSA) is 55.8 Å². The molecule has 1 saturated heterocycles. The lowest BCUT2D eigenvalue weighted by atomic mass is 9.48. The first-order valence-electron chi connectivity index (χ1n) is 8.82. The van der Waals surface area contributed by atoms with Crippen molar-refractivity contribution in [2.75, 3.05) is 21.3 Å². The molecule has 0 radical (unpaired) electrons. The van der Waals surface area contributed by atoms with Crippen molar-refractivity contribution in [1.29, 1.82) is 0 Å². The van der Waals surface area contributed by atoms with Gasteiger partial charge in [-0.25, -0.2) is 0 Å². The summed E-state index contributed by atoms with van der Waals surface area (Å²) in [6.45, 7) is 8.40. The fourth-order valence-electron chi connectivity index (χ4n) is 5.02. The summed E-state index contributed by atoms with van der Waals surface area (Å²) in [5, 5.41) is 0.483. The van der Waals surface area contributed by atoms with Crippen LogP contribution >= 0.6 is 11.6 Å². The van der Waals surface area contributed by atoms with Gasteiger partial charge >= 0.3 is 11.9 Å². The molecule has 1 aliphatic carbocycles. The number of benzene rings is 1. The first-order valence-corrected chi connectivity index (χ1v) is 9.20. The second-order valence-corrected chi connectivity index (χ2v) is 7.59. The number of carbonyl (C=O) groups excluding carboxylic acids is 2. The molecule has 1 aromatic carbocycles. The summed E-state index contributed by atoms with van der Waals surface area (Å²) in [6.07, 6.45) is 1.65. The van der Waals surface area contributed by atoms with Gasteiger partial charge in [-0.1, -0.05) is 49.4 Å². The van der Waals surface area contributed by atoms with Gasteiger partial charge in [0, 0.05) is 29.4 Å². The van der Waals surface area contributed by atoms with Crippen molar-refractivity contribution in [1.82, 2.24) is 4.90 Å². The molecule has 1 heterocycles. The van der Waals surface area contributed by atoms with Crippen molar-refractivity contribution in [3.8, 4) is 0 Å². The highest BCUT2D eigenvalue weighted by Crippen LogP contribution is 2.67. The van der Waals surface area contributed by atoms with E-state index in [0.29, 0.717) is 41.2 Å². The maximum Gasteiger partial charge on any atom is 0.318 e. The Balaban J connectivity index is 2.42. The summed E-state index contributed by atoms with van der Waals surface area (Å²) in [7, 11) is 4.48. The number of esters is 2. The Bertz CT molecular complexity index is 791. The Hall–Kier alpha value is -2.27. The molecule has 2 bridgehead atoms. The van der Waals surface area contributed by atoms with E-state index in [2.05, 4.69) is 13.2 Å². The quantitative estimate of drug-likeness (QED) is 0.734. The van der Waals surface area contributed by atoms with Gasteiger partial charge in [0.1, 0.15) is 10.8 Å². The standard InChI is InChI=1S/C21H24ClNO4/c1-13-20(18(24)26-4)11-8-12-21(19(25)27-5,14(2)23(13)3)17(20)15-9-6-7-10-16(15)22/h6-7,9-10,17H,1-2,8,11-12H2,3-5H3. The van der Waals surface area contributed by atoms with Crippen LogP contribution in [0.15, 0.2) is 48.8 Å². The van der Waals surface area contributed by atoms with Crippen molar-refractivity contribution >= 4 is 23.5 Å². The fourth-order valence-corrected chi connectivity index (χ4v) is 5.26. The van der Waals surface area contributed by atoms with Gasteiger partial charge in [-0.15, -0.1) is 0 Å². The van der Waals surface area contributed by atoms with Crippen molar-refractivity contribution in [2.24, 2.45) is 10.8 Å². The number of fused-ring (bicyclic) bond motifs is 2. The second kappa shape index (κ2) is 6.71. The average molecular weight is 390 g/mol. The number of rotatable bonds is 3. The third-order valence-corrected chi connectivity index (χ3v) is 6.63. The van der Waals surface area contributed by atoms with Gasteiger partial charge in [0.25, 0.3) is 0 Å². The first-order chi connectivity index (χ1) is 12.8. The Morgan fingerprint density at radius 1 is 1.07 bits per heavy atom. The zero-order valence-corrected chi connectivity index (χ0v) is 16.6. The first kappa shape index (κ1) is 19.5. The molecule has 1 aliphatic heterocycles. The largest absolute Gasteiger partial charge is 0.468 e. The summed E-state index contributed by atoms with van der Waals surface area (Å²) in [5.41, 5.74) is -0.429. The number of likely N-dealkylation sites (tertiary alicyclic amines) is 1.